The van der Waals surface area contributed by atoms with Gasteiger partial charge in [-0.05, 0) is 5.56 Å². The van der Waals surface area contributed by atoms with Crippen molar-refractivity contribution >= 4 is 15.7 Å². The molecular formula is C17H23BN3O7P. The fraction of sp³-hybridized carbons (Fsp3) is 0.529. The van der Waals surface area contributed by atoms with Crippen molar-refractivity contribution < 1.29 is 32.7 Å². The summed E-state index contributed by atoms with van der Waals surface area (Å²) in [4.78, 5) is 9.70. The van der Waals surface area contributed by atoms with E-state index in [1.54, 1.807) is 10.9 Å². The second-order valence-corrected chi connectivity index (χ2v) is 8.00. The van der Waals surface area contributed by atoms with E-state index in [0.717, 1.165) is 12.7 Å². The van der Waals surface area contributed by atoms with Gasteiger partial charge in [-0.2, -0.15) is 0 Å². The van der Waals surface area contributed by atoms with E-state index in [2.05, 4.69) is 14.8 Å². The zero-order valence-corrected chi connectivity index (χ0v) is 17.1. The third-order valence-electron chi connectivity index (χ3n) is 4.36. The highest BCUT2D eigenvalue weighted by atomic mass is 31.2. The van der Waals surface area contributed by atoms with Crippen LogP contribution in [0.15, 0.2) is 36.5 Å². The van der Waals surface area contributed by atoms with Crippen LogP contribution in [0, 0.1) is 0 Å². The van der Waals surface area contributed by atoms with E-state index in [1.807, 2.05) is 30.3 Å². The van der Waals surface area contributed by atoms with Gasteiger partial charge in [0.2, 0.25) is 0 Å². The van der Waals surface area contributed by atoms with Crippen molar-refractivity contribution in [2.24, 2.45) is 0 Å². The summed E-state index contributed by atoms with van der Waals surface area (Å²) in [5, 5.41) is 8.16. The molecule has 1 saturated heterocycles. The molecule has 3 rings (SSSR count). The lowest BCUT2D eigenvalue weighted by Crippen LogP contribution is -2.38. The molecule has 5 atom stereocenters. The zero-order chi connectivity index (χ0) is 20.9. The first-order valence-electron chi connectivity index (χ1n) is 8.93. The number of methoxy groups -OCH3 is 1. The summed E-state index contributed by atoms with van der Waals surface area (Å²) < 4.78 is 39.7. The average Bonchev–Trinajstić information content (AvgIpc) is 3.25. The maximum atomic E-state index is 11.9. The molecule has 1 N–H and O–H groups in total. The molecule has 0 amide bonds. The van der Waals surface area contributed by atoms with Crippen LogP contribution in [0.2, 0.25) is 0 Å². The Morgan fingerprint density at radius 1 is 1.28 bits per heavy atom. The standard InChI is InChI=1S/C17H23BN3O7P/c1-24-11-14-15(28-29(22,23)25-2)16(17(18)27-14)26-10-13-9-21(20-19-13)8-12-6-4-3-5-7-12/h3-7,9,14-17H,8,10-11H2,1-2H3,(H,22,23)/t14-,15?,16+,17-/m1/s1. The monoisotopic (exact) mass is 423 g/mol. The smallest absolute Gasteiger partial charge is 0.382 e. The molecule has 1 fully saturated rings. The van der Waals surface area contributed by atoms with E-state index in [9.17, 15) is 9.46 Å². The van der Waals surface area contributed by atoms with Crippen molar-refractivity contribution in [3.63, 3.8) is 0 Å². The molecule has 1 aromatic heterocycles. The number of nitrogens with zero attached hydrogens (tertiary/aromatic N) is 3. The van der Waals surface area contributed by atoms with E-state index < -0.39 is 32.1 Å². The molecular weight excluding hydrogens is 400 g/mol. The lowest BCUT2D eigenvalue weighted by Gasteiger charge is -2.24. The van der Waals surface area contributed by atoms with Gasteiger partial charge in [-0.25, -0.2) is 9.25 Å². The molecule has 2 heterocycles. The first-order valence-corrected chi connectivity index (χ1v) is 10.4. The second-order valence-electron chi connectivity index (χ2n) is 6.48. The van der Waals surface area contributed by atoms with Gasteiger partial charge < -0.3 is 19.1 Å². The zero-order valence-electron chi connectivity index (χ0n) is 16.2. The molecule has 0 spiro atoms. The van der Waals surface area contributed by atoms with Crippen LogP contribution in [-0.4, -0.2) is 72.9 Å². The fourth-order valence-electron chi connectivity index (χ4n) is 3.00. The Morgan fingerprint density at radius 3 is 2.72 bits per heavy atom. The summed E-state index contributed by atoms with van der Waals surface area (Å²) in [7, 11) is 4.25. The van der Waals surface area contributed by atoms with Crippen LogP contribution in [0.5, 0.6) is 0 Å². The Morgan fingerprint density at radius 2 is 2.03 bits per heavy atom. The molecule has 1 aromatic carbocycles. The number of hydrogen-bond donors (Lipinski definition) is 1. The molecule has 1 aliphatic rings. The van der Waals surface area contributed by atoms with Crippen molar-refractivity contribution in [2.45, 2.75) is 37.5 Å². The van der Waals surface area contributed by atoms with Crippen LogP contribution in [0.3, 0.4) is 0 Å². The molecule has 10 nitrogen and oxygen atoms in total. The Labute approximate surface area is 170 Å². The normalized spacial score (nSPS) is 26.4. The molecule has 1 aliphatic heterocycles. The number of phosphoric acid groups is 1. The lowest BCUT2D eigenvalue weighted by atomic mass is 9.93. The third kappa shape index (κ3) is 5.96. The Hall–Kier alpha value is -1.59. The number of phosphoric ester groups is 1. The third-order valence-corrected chi connectivity index (χ3v) is 5.33. The minimum atomic E-state index is -4.28. The molecule has 0 aliphatic carbocycles. The van der Waals surface area contributed by atoms with Crippen LogP contribution >= 0.6 is 7.82 Å². The van der Waals surface area contributed by atoms with Crippen LogP contribution < -0.4 is 0 Å². The van der Waals surface area contributed by atoms with E-state index in [4.69, 9.17) is 26.6 Å². The highest BCUT2D eigenvalue weighted by Gasteiger charge is 2.47. The fourth-order valence-corrected chi connectivity index (χ4v) is 3.65. The maximum Gasteiger partial charge on any atom is 0.472 e. The van der Waals surface area contributed by atoms with Gasteiger partial charge in [-0.1, -0.05) is 35.5 Å². The predicted octanol–water partition coefficient (Wildman–Crippen LogP) is 0.883. The minimum Gasteiger partial charge on any atom is -0.382 e. The van der Waals surface area contributed by atoms with Gasteiger partial charge in [0.25, 0.3) is 0 Å². The summed E-state index contributed by atoms with van der Waals surface area (Å²) in [5.74, 6) is 0. The van der Waals surface area contributed by atoms with Crippen LogP contribution in [0.25, 0.3) is 0 Å². The quantitative estimate of drug-likeness (QED) is 0.440. The van der Waals surface area contributed by atoms with Gasteiger partial charge in [0, 0.05) is 20.2 Å². The van der Waals surface area contributed by atoms with Gasteiger partial charge in [0.05, 0.1) is 26.0 Å². The molecule has 2 unspecified atom stereocenters. The first kappa shape index (κ1) is 22.1. The van der Waals surface area contributed by atoms with Crippen molar-refractivity contribution in [1.29, 1.82) is 0 Å². The summed E-state index contributed by atoms with van der Waals surface area (Å²) >= 11 is 0. The second kappa shape index (κ2) is 9.95. The number of ether oxygens (including phenoxy) is 3. The SMILES string of the molecule is [B][C@@H]1O[C@H](COC)C(OP(=O)(O)OC)[C@@H]1OCc1cn(Cc2ccccc2)nn1. The Kier molecular flexibility index (Phi) is 7.58. The van der Waals surface area contributed by atoms with Gasteiger partial charge in [-0.3, -0.25) is 9.05 Å². The minimum absolute atomic E-state index is 0.0682. The van der Waals surface area contributed by atoms with E-state index >= 15 is 0 Å². The van der Waals surface area contributed by atoms with Crippen LogP contribution in [-0.2, 0) is 41.0 Å². The van der Waals surface area contributed by atoms with Crippen LogP contribution in [0.4, 0.5) is 0 Å². The molecule has 29 heavy (non-hydrogen) atoms. The van der Waals surface area contributed by atoms with E-state index in [-0.39, 0.29) is 13.2 Å². The van der Waals surface area contributed by atoms with Crippen molar-refractivity contribution in [3.8, 4) is 0 Å². The summed E-state index contributed by atoms with van der Waals surface area (Å²) in [6, 6.07) is 8.96. The molecule has 2 aromatic rings. The van der Waals surface area contributed by atoms with Gasteiger partial charge in [-0.15, -0.1) is 5.10 Å². The van der Waals surface area contributed by atoms with Crippen molar-refractivity contribution in [3.05, 3.63) is 47.8 Å². The van der Waals surface area contributed by atoms with Crippen LogP contribution in [0.1, 0.15) is 11.3 Å². The topological polar surface area (TPSA) is 114 Å². The van der Waals surface area contributed by atoms with Gasteiger partial charge in [0.15, 0.2) is 0 Å². The van der Waals surface area contributed by atoms with E-state index in [0.29, 0.717) is 12.2 Å². The molecule has 0 saturated carbocycles. The summed E-state index contributed by atoms with van der Waals surface area (Å²) in [6.07, 6.45) is -0.724. The number of rotatable bonds is 10. The number of aromatic nitrogens is 3. The number of hydrogen-bond acceptors (Lipinski definition) is 8. The van der Waals surface area contributed by atoms with Gasteiger partial charge in [0.1, 0.15) is 31.9 Å². The molecule has 12 heteroatoms. The average molecular weight is 423 g/mol. The molecule has 2 radical (unpaired) electrons. The predicted molar refractivity (Wildman–Crippen MR) is 102 cm³/mol. The summed E-state index contributed by atoms with van der Waals surface area (Å²) in [5.41, 5.74) is 1.66. The Balaban J connectivity index is 1.63. The largest absolute Gasteiger partial charge is 0.472 e. The lowest BCUT2D eigenvalue weighted by molar-refractivity contribution is -0.0398. The molecule has 156 valence electrons. The van der Waals surface area contributed by atoms with E-state index in [1.165, 1.54) is 7.11 Å². The summed E-state index contributed by atoms with van der Waals surface area (Å²) in [6.45, 7) is 0.747. The maximum absolute atomic E-state index is 11.9. The Bertz CT molecular complexity index is 824. The first-order chi connectivity index (χ1) is 13.9. The van der Waals surface area contributed by atoms with Crippen molar-refractivity contribution in [1.82, 2.24) is 15.0 Å². The molecule has 0 bridgehead atoms. The number of benzene rings is 1. The van der Waals surface area contributed by atoms with Gasteiger partial charge >= 0.3 is 7.82 Å². The highest BCUT2D eigenvalue weighted by Crippen LogP contribution is 2.46. The van der Waals surface area contributed by atoms with Crippen molar-refractivity contribution in [2.75, 3.05) is 20.8 Å². The highest BCUT2D eigenvalue weighted by molar-refractivity contribution is 7.47.